The minimum Gasteiger partial charge on any atom is -0.374 e. The van der Waals surface area contributed by atoms with Gasteiger partial charge in [0, 0.05) is 0 Å². The second-order valence-corrected chi connectivity index (χ2v) is 15.0. The summed E-state index contributed by atoms with van der Waals surface area (Å²) >= 11 is 0. The van der Waals surface area contributed by atoms with Crippen LogP contribution in [0.1, 0.15) is 60.8 Å². The van der Waals surface area contributed by atoms with E-state index in [-0.39, 0.29) is 5.60 Å². The minimum absolute atomic E-state index is 0.190. The van der Waals surface area contributed by atoms with E-state index >= 15 is 0 Å². The first-order valence-electron chi connectivity index (χ1n) is 18.6. The quantitative estimate of drug-likeness (QED) is 0.126. The van der Waals surface area contributed by atoms with Crippen molar-refractivity contribution in [3.05, 3.63) is 144 Å². The van der Waals surface area contributed by atoms with Gasteiger partial charge >= 0.3 is 0 Å². The van der Waals surface area contributed by atoms with Gasteiger partial charge in [-0.15, -0.1) is 0 Å². The van der Waals surface area contributed by atoms with E-state index in [4.69, 9.17) is 28.4 Å². The molecular weight excluding hydrogens is 624 g/mol. The molecule has 4 aliphatic carbocycles. The first kappa shape index (κ1) is 33.8. The maximum Gasteiger partial charge on any atom is 0.187 e. The Morgan fingerprint density at radius 3 is 1.34 bits per heavy atom. The number of hydrogen-bond acceptors (Lipinski definition) is 6. The predicted molar refractivity (Wildman–Crippen MR) is 192 cm³/mol. The van der Waals surface area contributed by atoms with Crippen LogP contribution in [0.15, 0.2) is 121 Å². The number of hydrogen-bond donors (Lipinski definition) is 0. The third-order valence-corrected chi connectivity index (χ3v) is 11.2. The highest BCUT2D eigenvalue weighted by Gasteiger charge is 2.56. The lowest BCUT2D eigenvalue weighted by Gasteiger charge is -2.58. The lowest BCUT2D eigenvalue weighted by Crippen LogP contribution is -2.64. The molecule has 0 N–H and O–H groups in total. The van der Waals surface area contributed by atoms with Crippen LogP contribution >= 0.6 is 0 Å². The molecular formula is C44H50O6. The molecule has 262 valence electrons. The highest BCUT2D eigenvalue weighted by molar-refractivity contribution is 5.17. The molecule has 4 saturated carbocycles. The van der Waals surface area contributed by atoms with E-state index in [1.165, 1.54) is 19.3 Å². The summed E-state index contributed by atoms with van der Waals surface area (Å²) in [6.45, 7) is 2.08. The molecule has 0 radical (unpaired) electrons. The third kappa shape index (κ3) is 8.23. The van der Waals surface area contributed by atoms with E-state index in [2.05, 4.69) is 72.8 Å². The van der Waals surface area contributed by atoms with Gasteiger partial charge in [0.05, 0.1) is 38.6 Å². The van der Waals surface area contributed by atoms with Gasteiger partial charge in [-0.05, 0) is 78.5 Å². The molecule has 6 nitrogen and oxygen atoms in total. The maximum atomic E-state index is 7.34. The molecule has 0 spiro atoms. The summed E-state index contributed by atoms with van der Waals surface area (Å²) in [4.78, 5) is 0. The highest BCUT2D eigenvalue weighted by atomic mass is 16.7. The second kappa shape index (κ2) is 15.9. The molecule has 5 aliphatic rings. The van der Waals surface area contributed by atoms with Crippen molar-refractivity contribution in [1.82, 2.24) is 0 Å². The fourth-order valence-electron chi connectivity index (χ4n) is 9.26. The van der Waals surface area contributed by atoms with E-state index in [0.29, 0.717) is 33.0 Å². The standard InChI is InChI=1S/C44H50O6/c1-5-13-32(14-6-1)27-45-31-39-40(46-28-33-15-7-2-8-16-33)41(47-29-34-17-9-3-10-18-34)42(48-30-35-19-11-4-12-20-35)43(49-39)50-44-24-36-21-37(25-44)23-38(22-36)26-44/h1-20,36-43H,21-31H2/t36?,37?,38?,39-,40-,41+,42-,43+,44?/m1/s1. The molecule has 0 aromatic heterocycles. The summed E-state index contributed by atoms with van der Waals surface area (Å²) in [6, 6.07) is 41.2. The van der Waals surface area contributed by atoms with Crippen LogP contribution in [0.5, 0.6) is 0 Å². The summed E-state index contributed by atoms with van der Waals surface area (Å²) in [6.07, 6.45) is 4.82. The molecule has 5 atom stereocenters. The molecule has 6 heteroatoms. The van der Waals surface area contributed by atoms with E-state index in [1.54, 1.807) is 0 Å². The zero-order valence-electron chi connectivity index (χ0n) is 28.9. The van der Waals surface area contributed by atoms with Crippen molar-refractivity contribution < 1.29 is 28.4 Å². The van der Waals surface area contributed by atoms with Crippen molar-refractivity contribution in [2.24, 2.45) is 17.8 Å². The first-order chi connectivity index (χ1) is 24.7. The lowest BCUT2D eigenvalue weighted by molar-refractivity contribution is -0.360. The van der Waals surface area contributed by atoms with Crippen molar-refractivity contribution in [1.29, 1.82) is 0 Å². The van der Waals surface area contributed by atoms with Gasteiger partial charge in [0.1, 0.15) is 24.4 Å². The van der Waals surface area contributed by atoms with E-state index in [9.17, 15) is 0 Å². The Labute approximate surface area is 297 Å². The Bertz CT molecular complexity index is 1560. The molecule has 9 rings (SSSR count). The molecule has 1 saturated heterocycles. The summed E-state index contributed by atoms with van der Waals surface area (Å²) < 4.78 is 41.5. The van der Waals surface area contributed by atoms with Gasteiger partial charge in [0.15, 0.2) is 6.29 Å². The van der Waals surface area contributed by atoms with Gasteiger partial charge in [-0.25, -0.2) is 0 Å². The Balaban J connectivity index is 1.11. The largest absolute Gasteiger partial charge is 0.374 e. The SMILES string of the molecule is c1ccc(COC[C@H]2O[C@@H](OC34CC5CC(CC(C5)C3)C4)[C@H](OCc3ccccc3)[C@@H](OCc3ccccc3)[C@@H]2OCc2ccccc2)cc1. The highest BCUT2D eigenvalue weighted by Crippen LogP contribution is 2.58. The van der Waals surface area contributed by atoms with Crippen LogP contribution in [0.25, 0.3) is 0 Å². The zero-order chi connectivity index (χ0) is 33.6. The molecule has 0 amide bonds. The Hall–Kier alpha value is -3.36. The summed E-state index contributed by atoms with van der Waals surface area (Å²) in [5, 5.41) is 0. The average Bonchev–Trinajstić information content (AvgIpc) is 3.14. The molecule has 5 fully saturated rings. The monoisotopic (exact) mass is 674 g/mol. The fourth-order valence-corrected chi connectivity index (χ4v) is 9.26. The molecule has 50 heavy (non-hydrogen) atoms. The van der Waals surface area contributed by atoms with Gasteiger partial charge in [0.2, 0.25) is 0 Å². The Morgan fingerprint density at radius 1 is 0.480 bits per heavy atom. The van der Waals surface area contributed by atoms with Crippen molar-refractivity contribution in [2.45, 2.75) is 101 Å². The van der Waals surface area contributed by atoms with E-state index in [1.807, 2.05) is 48.5 Å². The van der Waals surface area contributed by atoms with Crippen LogP contribution in [0.4, 0.5) is 0 Å². The average molecular weight is 675 g/mol. The number of rotatable bonds is 15. The van der Waals surface area contributed by atoms with E-state index < -0.39 is 30.7 Å². The van der Waals surface area contributed by atoms with Crippen molar-refractivity contribution in [2.75, 3.05) is 6.61 Å². The second-order valence-electron chi connectivity index (χ2n) is 15.0. The van der Waals surface area contributed by atoms with Gasteiger partial charge in [-0.3, -0.25) is 0 Å². The number of ether oxygens (including phenoxy) is 6. The van der Waals surface area contributed by atoms with E-state index in [0.717, 1.165) is 59.3 Å². The molecule has 4 bridgehead atoms. The fraction of sp³-hybridized carbons (Fsp3) is 0.455. The van der Waals surface area contributed by atoms with Gasteiger partial charge in [-0.1, -0.05) is 121 Å². The van der Waals surface area contributed by atoms with Crippen molar-refractivity contribution in [3.63, 3.8) is 0 Å². The van der Waals surface area contributed by atoms with Gasteiger partial charge < -0.3 is 28.4 Å². The van der Waals surface area contributed by atoms with Crippen LogP contribution in [-0.4, -0.2) is 42.9 Å². The van der Waals surface area contributed by atoms with Crippen LogP contribution in [0.3, 0.4) is 0 Å². The lowest BCUT2D eigenvalue weighted by atomic mass is 9.54. The normalized spacial score (nSPS) is 31.5. The molecule has 4 aromatic carbocycles. The first-order valence-corrected chi connectivity index (χ1v) is 18.6. The van der Waals surface area contributed by atoms with Crippen LogP contribution in [0, 0.1) is 17.8 Å². The van der Waals surface area contributed by atoms with Crippen LogP contribution in [-0.2, 0) is 54.8 Å². The minimum atomic E-state index is -0.627. The Morgan fingerprint density at radius 2 is 0.880 bits per heavy atom. The van der Waals surface area contributed by atoms with Crippen molar-refractivity contribution >= 4 is 0 Å². The summed E-state index contributed by atoms with van der Waals surface area (Å²) in [5.74, 6) is 2.22. The topological polar surface area (TPSA) is 55.4 Å². The molecule has 1 aliphatic heterocycles. The third-order valence-electron chi connectivity index (χ3n) is 11.2. The molecule has 0 unspecified atom stereocenters. The van der Waals surface area contributed by atoms with Crippen LogP contribution < -0.4 is 0 Å². The number of benzene rings is 4. The maximum absolute atomic E-state index is 7.34. The summed E-state index contributed by atoms with van der Waals surface area (Å²) in [5.41, 5.74) is 4.21. The van der Waals surface area contributed by atoms with Gasteiger partial charge in [-0.2, -0.15) is 0 Å². The predicted octanol–water partition coefficient (Wildman–Crippen LogP) is 8.67. The molecule has 1 heterocycles. The van der Waals surface area contributed by atoms with Crippen LogP contribution in [0.2, 0.25) is 0 Å². The Kier molecular flexibility index (Phi) is 10.7. The van der Waals surface area contributed by atoms with Crippen molar-refractivity contribution in [3.8, 4) is 0 Å². The van der Waals surface area contributed by atoms with Gasteiger partial charge in [0.25, 0.3) is 0 Å². The molecule has 4 aromatic rings. The zero-order valence-corrected chi connectivity index (χ0v) is 28.9. The summed E-state index contributed by atoms with van der Waals surface area (Å²) in [7, 11) is 0. The smallest absolute Gasteiger partial charge is 0.187 e.